The summed E-state index contributed by atoms with van der Waals surface area (Å²) >= 11 is 0. The zero-order valence-corrected chi connectivity index (χ0v) is 9.31. The van der Waals surface area contributed by atoms with Crippen molar-refractivity contribution in [1.82, 2.24) is 20.1 Å². The Labute approximate surface area is 89.8 Å². The van der Waals surface area contributed by atoms with Gasteiger partial charge >= 0.3 is 0 Å². The van der Waals surface area contributed by atoms with Crippen LogP contribution in [0.1, 0.15) is 25.6 Å². The van der Waals surface area contributed by atoms with Crippen LogP contribution in [0.5, 0.6) is 0 Å². The number of hydrogen-bond donors (Lipinski definition) is 1. The Bertz CT molecular complexity index is 312. The molecule has 0 spiro atoms. The number of hydrogen-bond acceptors (Lipinski definition) is 4. The maximum absolute atomic E-state index is 5.70. The summed E-state index contributed by atoms with van der Waals surface area (Å²) in [6, 6.07) is 0. The molecule has 84 valence electrons. The third kappa shape index (κ3) is 3.00. The van der Waals surface area contributed by atoms with Crippen molar-refractivity contribution in [1.29, 1.82) is 0 Å². The Kier molecular flexibility index (Phi) is 3.33. The maximum Gasteiger partial charge on any atom is 0.164 e. The van der Waals surface area contributed by atoms with E-state index in [0.29, 0.717) is 12.2 Å². The molecule has 1 saturated heterocycles. The van der Waals surface area contributed by atoms with Crippen LogP contribution >= 0.6 is 0 Å². The molecule has 5 nitrogen and oxygen atoms in total. The summed E-state index contributed by atoms with van der Waals surface area (Å²) in [7, 11) is 1.87. The van der Waals surface area contributed by atoms with Gasteiger partial charge in [-0.1, -0.05) is 0 Å². The second-order valence-electron chi connectivity index (χ2n) is 4.11. The van der Waals surface area contributed by atoms with Crippen molar-refractivity contribution in [2.24, 2.45) is 7.05 Å². The highest BCUT2D eigenvalue weighted by molar-refractivity contribution is 4.81. The molecule has 2 unspecified atom stereocenters. The van der Waals surface area contributed by atoms with Crippen molar-refractivity contribution >= 4 is 0 Å². The van der Waals surface area contributed by atoms with Gasteiger partial charge in [0.05, 0.1) is 18.8 Å². The smallest absolute Gasteiger partial charge is 0.164 e. The molecule has 0 saturated carbocycles. The number of ether oxygens (including phenoxy) is 1. The van der Waals surface area contributed by atoms with E-state index in [9.17, 15) is 0 Å². The Morgan fingerprint density at radius 2 is 2.47 bits per heavy atom. The molecule has 1 aliphatic rings. The van der Waals surface area contributed by atoms with Gasteiger partial charge in [-0.15, -0.1) is 0 Å². The van der Waals surface area contributed by atoms with E-state index in [0.717, 1.165) is 25.3 Å². The van der Waals surface area contributed by atoms with Gasteiger partial charge < -0.3 is 10.1 Å². The molecule has 5 heteroatoms. The standard InChI is InChI=1S/C10H18N4O/c1-8-3-4-9(15-8)5-11-6-10-12-7-14(2)13-10/h7-9,11H,3-6H2,1-2H3. The highest BCUT2D eigenvalue weighted by Gasteiger charge is 2.20. The summed E-state index contributed by atoms with van der Waals surface area (Å²) in [6.45, 7) is 3.73. The fourth-order valence-corrected chi connectivity index (χ4v) is 1.85. The number of rotatable bonds is 4. The van der Waals surface area contributed by atoms with Crippen LogP contribution in [0.4, 0.5) is 0 Å². The van der Waals surface area contributed by atoms with Gasteiger partial charge in [0, 0.05) is 13.6 Å². The van der Waals surface area contributed by atoms with Crippen LogP contribution in [0.15, 0.2) is 6.33 Å². The minimum absolute atomic E-state index is 0.365. The van der Waals surface area contributed by atoms with Crippen molar-refractivity contribution < 1.29 is 4.74 Å². The first-order chi connectivity index (χ1) is 7.24. The van der Waals surface area contributed by atoms with E-state index >= 15 is 0 Å². The first-order valence-electron chi connectivity index (χ1n) is 5.44. The molecule has 1 aromatic rings. The monoisotopic (exact) mass is 210 g/mol. The van der Waals surface area contributed by atoms with Crippen molar-refractivity contribution in [2.45, 2.75) is 38.5 Å². The molecule has 1 aliphatic heterocycles. The first kappa shape index (κ1) is 10.6. The largest absolute Gasteiger partial charge is 0.374 e. The lowest BCUT2D eigenvalue weighted by Gasteiger charge is -2.10. The van der Waals surface area contributed by atoms with Crippen LogP contribution in [-0.4, -0.2) is 33.5 Å². The predicted molar refractivity (Wildman–Crippen MR) is 56.3 cm³/mol. The van der Waals surface area contributed by atoms with Gasteiger partial charge in [0.2, 0.25) is 0 Å². The molecule has 0 radical (unpaired) electrons. The van der Waals surface area contributed by atoms with Crippen LogP contribution in [0.2, 0.25) is 0 Å². The van der Waals surface area contributed by atoms with Gasteiger partial charge in [0.1, 0.15) is 6.33 Å². The predicted octanol–water partition coefficient (Wildman–Crippen LogP) is 0.472. The lowest BCUT2D eigenvalue weighted by atomic mass is 10.2. The molecule has 1 fully saturated rings. The van der Waals surface area contributed by atoms with E-state index in [-0.39, 0.29) is 0 Å². The van der Waals surface area contributed by atoms with Gasteiger partial charge in [-0.05, 0) is 19.8 Å². The third-order valence-electron chi connectivity index (χ3n) is 2.62. The molecular weight excluding hydrogens is 192 g/mol. The van der Waals surface area contributed by atoms with Crippen molar-refractivity contribution in [3.05, 3.63) is 12.2 Å². The summed E-state index contributed by atoms with van der Waals surface area (Å²) in [5, 5.41) is 7.51. The Morgan fingerprint density at radius 3 is 3.07 bits per heavy atom. The minimum Gasteiger partial charge on any atom is -0.374 e. The Hall–Kier alpha value is -0.940. The zero-order valence-electron chi connectivity index (χ0n) is 9.31. The SMILES string of the molecule is CC1CCC(CNCc2ncn(C)n2)O1. The van der Waals surface area contributed by atoms with Crippen LogP contribution < -0.4 is 5.32 Å². The summed E-state index contributed by atoms with van der Waals surface area (Å²) in [6.07, 6.45) is 4.83. The van der Waals surface area contributed by atoms with Crippen LogP contribution in [0.25, 0.3) is 0 Å². The molecular formula is C10H18N4O. The Morgan fingerprint density at radius 1 is 1.60 bits per heavy atom. The molecule has 0 aromatic carbocycles. The fourth-order valence-electron chi connectivity index (χ4n) is 1.85. The summed E-state index contributed by atoms with van der Waals surface area (Å²) in [4.78, 5) is 4.14. The lowest BCUT2D eigenvalue weighted by Crippen LogP contribution is -2.26. The van der Waals surface area contributed by atoms with Crippen molar-refractivity contribution in [3.63, 3.8) is 0 Å². The van der Waals surface area contributed by atoms with Gasteiger partial charge in [-0.25, -0.2) is 4.98 Å². The van der Waals surface area contributed by atoms with Crippen LogP contribution in [-0.2, 0) is 18.3 Å². The quantitative estimate of drug-likeness (QED) is 0.785. The molecule has 2 atom stereocenters. The third-order valence-corrected chi connectivity index (χ3v) is 2.62. The van der Waals surface area contributed by atoms with Crippen LogP contribution in [0.3, 0.4) is 0 Å². The summed E-state index contributed by atoms with van der Waals surface area (Å²) < 4.78 is 7.41. The highest BCUT2D eigenvalue weighted by atomic mass is 16.5. The maximum atomic E-state index is 5.70. The number of aromatic nitrogens is 3. The van der Waals surface area contributed by atoms with Gasteiger partial charge in [0.25, 0.3) is 0 Å². The molecule has 15 heavy (non-hydrogen) atoms. The number of nitrogens with zero attached hydrogens (tertiary/aromatic N) is 3. The van der Waals surface area contributed by atoms with E-state index in [1.807, 2.05) is 7.05 Å². The van der Waals surface area contributed by atoms with Crippen molar-refractivity contribution in [3.8, 4) is 0 Å². The van der Waals surface area contributed by atoms with Gasteiger partial charge in [-0.3, -0.25) is 4.68 Å². The molecule has 0 bridgehead atoms. The van der Waals surface area contributed by atoms with E-state index in [1.165, 1.54) is 6.42 Å². The zero-order chi connectivity index (χ0) is 10.7. The van der Waals surface area contributed by atoms with Gasteiger partial charge in [-0.2, -0.15) is 5.10 Å². The molecule has 1 N–H and O–H groups in total. The summed E-state index contributed by atoms with van der Waals surface area (Å²) in [5.41, 5.74) is 0. The van der Waals surface area contributed by atoms with Crippen LogP contribution in [0, 0.1) is 0 Å². The molecule has 0 amide bonds. The normalized spacial score (nSPS) is 26.0. The first-order valence-corrected chi connectivity index (χ1v) is 5.44. The van der Waals surface area contributed by atoms with Crippen molar-refractivity contribution in [2.75, 3.05) is 6.54 Å². The average molecular weight is 210 g/mol. The summed E-state index contributed by atoms with van der Waals surface area (Å²) in [5.74, 6) is 0.837. The molecule has 1 aromatic heterocycles. The molecule has 0 aliphatic carbocycles. The second kappa shape index (κ2) is 4.72. The van der Waals surface area contributed by atoms with Gasteiger partial charge in [0.15, 0.2) is 5.82 Å². The average Bonchev–Trinajstić information content (AvgIpc) is 2.76. The topological polar surface area (TPSA) is 52.0 Å². The lowest BCUT2D eigenvalue weighted by molar-refractivity contribution is 0.0558. The minimum atomic E-state index is 0.365. The fraction of sp³-hybridized carbons (Fsp3) is 0.800. The molecule has 2 heterocycles. The number of aryl methyl sites for hydroxylation is 1. The van der Waals surface area contributed by atoms with E-state index < -0.39 is 0 Å². The second-order valence-corrected chi connectivity index (χ2v) is 4.11. The Balaban J connectivity index is 1.67. The molecule has 2 rings (SSSR count). The van der Waals surface area contributed by atoms with E-state index in [4.69, 9.17) is 4.74 Å². The number of nitrogens with one attached hydrogen (secondary N) is 1. The highest BCUT2D eigenvalue weighted by Crippen LogP contribution is 2.18. The van der Waals surface area contributed by atoms with E-state index in [1.54, 1.807) is 11.0 Å². The van der Waals surface area contributed by atoms with E-state index in [2.05, 4.69) is 22.3 Å².